The quantitative estimate of drug-likeness (QED) is 0.523. The Kier molecular flexibility index (Phi) is 5.04. The predicted octanol–water partition coefficient (Wildman–Crippen LogP) is 4.07. The fraction of sp³-hybridized carbons (Fsp3) is 0.150. The molecule has 1 aromatic heterocycles. The van der Waals surface area contributed by atoms with E-state index in [4.69, 9.17) is 11.5 Å². The van der Waals surface area contributed by atoms with Crippen LogP contribution in [0.5, 0.6) is 0 Å². The number of alkyl halides is 2. The van der Waals surface area contributed by atoms with Crippen LogP contribution in [0.15, 0.2) is 59.2 Å². The monoisotopic (exact) mass is 385 g/mol. The Hall–Kier alpha value is -3.42. The van der Waals surface area contributed by atoms with Crippen LogP contribution in [0.3, 0.4) is 0 Å². The number of aromatic nitrogens is 2. The van der Waals surface area contributed by atoms with Crippen molar-refractivity contribution in [1.82, 2.24) is 9.97 Å². The molecule has 144 valence electrons. The lowest BCUT2D eigenvalue weighted by atomic mass is 10.1. The number of benzene rings is 2. The molecular formula is C20H18F3N5. The van der Waals surface area contributed by atoms with Gasteiger partial charge < -0.3 is 11.5 Å². The van der Waals surface area contributed by atoms with Crippen LogP contribution in [0.25, 0.3) is 10.9 Å². The van der Waals surface area contributed by atoms with Gasteiger partial charge in [0.25, 0.3) is 0 Å². The molecule has 0 bridgehead atoms. The average Bonchev–Trinajstić information content (AvgIpc) is 2.60. The number of nitrogens with two attached hydrogens (primary N) is 2. The summed E-state index contributed by atoms with van der Waals surface area (Å²) in [6.07, 6.45) is 1.40. The Morgan fingerprint density at radius 2 is 1.75 bits per heavy atom. The summed E-state index contributed by atoms with van der Waals surface area (Å²) in [7, 11) is 0. The first-order valence-electron chi connectivity index (χ1n) is 8.37. The molecule has 3 aromatic rings. The number of aryl methyl sites for hydroxylation is 1. The van der Waals surface area contributed by atoms with Crippen LogP contribution in [0.4, 0.5) is 19.0 Å². The molecule has 0 atom stereocenters. The van der Waals surface area contributed by atoms with Crippen LogP contribution in [-0.4, -0.2) is 15.8 Å². The van der Waals surface area contributed by atoms with Gasteiger partial charge in [0.1, 0.15) is 11.7 Å². The lowest BCUT2D eigenvalue weighted by molar-refractivity contribution is 0.0332. The highest BCUT2D eigenvalue weighted by Gasteiger charge is 2.38. The molecule has 0 unspecified atom stereocenters. The van der Waals surface area contributed by atoms with E-state index in [1.54, 1.807) is 25.1 Å². The molecule has 2 aromatic carbocycles. The van der Waals surface area contributed by atoms with E-state index in [1.807, 2.05) is 6.92 Å². The zero-order valence-electron chi connectivity index (χ0n) is 15.2. The summed E-state index contributed by atoms with van der Waals surface area (Å²) < 4.78 is 43.2. The maximum Gasteiger partial charge on any atom is 0.331 e. The Labute approximate surface area is 159 Å². The molecule has 28 heavy (non-hydrogen) atoms. The summed E-state index contributed by atoms with van der Waals surface area (Å²) in [5.74, 6) is -4.90. The third-order valence-electron chi connectivity index (χ3n) is 3.93. The van der Waals surface area contributed by atoms with Gasteiger partial charge in [0.2, 0.25) is 5.82 Å². The average molecular weight is 385 g/mol. The standard InChI is InChI=1S/C20H18F3N5/c1-11-3-8-15-16(9-11)26-19(28-18(15)27-17(25)10-12(2)24)20(22,23)13-4-6-14(21)7-5-13/h3-10H,24H2,1-2H3,(H2,25,26,27,28)/b12-10-. The van der Waals surface area contributed by atoms with E-state index in [0.29, 0.717) is 16.6 Å². The Morgan fingerprint density at radius 1 is 1.07 bits per heavy atom. The molecule has 0 aliphatic carbocycles. The Balaban J connectivity index is 2.23. The van der Waals surface area contributed by atoms with E-state index >= 15 is 8.78 Å². The zero-order chi connectivity index (χ0) is 20.5. The van der Waals surface area contributed by atoms with E-state index < -0.39 is 23.1 Å². The summed E-state index contributed by atoms with van der Waals surface area (Å²) in [6, 6.07) is 9.05. The summed E-state index contributed by atoms with van der Waals surface area (Å²) in [5.41, 5.74) is 12.5. The summed E-state index contributed by atoms with van der Waals surface area (Å²) in [4.78, 5) is 12.1. The summed E-state index contributed by atoms with van der Waals surface area (Å²) in [6.45, 7) is 3.44. The number of rotatable bonds is 4. The highest BCUT2D eigenvalue weighted by atomic mass is 19.3. The first-order valence-corrected chi connectivity index (χ1v) is 8.37. The SMILES string of the molecule is C/C(N)=C/C(N)=Nc1nc(C(F)(F)c2ccc(F)cc2)nc2cc(C)ccc12. The van der Waals surface area contributed by atoms with E-state index in [1.165, 1.54) is 6.08 Å². The molecule has 0 aliphatic rings. The Bertz CT molecular complexity index is 1080. The van der Waals surface area contributed by atoms with E-state index in [0.717, 1.165) is 29.8 Å². The molecule has 0 saturated heterocycles. The van der Waals surface area contributed by atoms with Crippen molar-refractivity contribution in [3.8, 4) is 0 Å². The normalized spacial score (nSPS) is 13.2. The number of fused-ring (bicyclic) bond motifs is 1. The molecule has 0 amide bonds. The molecule has 0 aliphatic heterocycles. The molecular weight excluding hydrogens is 367 g/mol. The second-order valence-corrected chi connectivity index (χ2v) is 6.40. The van der Waals surface area contributed by atoms with Gasteiger partial charge in [-0.15, -0.1) is 0 Å². The van der Waals surface area contributed by atoms with Gasteiger partial charge in [-0.3, -0.25) is 0 Å². The highest BCUT2D eigenvalue weighted by molar-refractivity contribution is 5.97. The van der Waals surface area contributed by atoms with Crippen LogP contribution < -0.4 is 11.5 Å². The number of aliphatic imine (C=N–C) groups is 1. The third kappa shape index (κ3) is 3.95. The molecule has 0 fully saturated rings. The third-order valence-corrected chi connectivity index (χ3v) is 3.93. The van der Waals surface area contributed by atoms with Crippen molar-refractivity contribution in [3.63, 3.8) is 0 Å². The highest BCUT2D eigenvalue weighted by Crippen LogP contribution is 2.36. The minimum absolute atomic E-state index is 0.00298. The second kappa shape index (κ2) is 7.30. The smallest absolute Gasteiger partial charge is 0.331 e. The fourth-order valence-corrected chi connectivity index (χ4v) is 2.62. The number of hydrogen-bond acceptors (Lipinski definition) is 4. The lowest BCUT2D eigenvalue weighted by Crippen LogP contribution is -2.19. The van der Waals surface area contributed by atoms with E-state index in [9.17, 15) is 4.39 Å². The van der Waals surface area contributed by atoms with Crippen LogP contribution >= 0.6 is 0 Å². The first kappa shape index (κ1) is 19.3. The Morgan fingerprint density at radius 3 is 2.39 bits per heavy atom. The van der Waals surface area contributed by atoms with Gasteiger partial charge in [-0.05, 0) is 61.9 Å². The number of amidine groups is 1. The molecule has 8 heteroatoms. The van der Waals surface area contributed by atoms with Gasteiger partial charge in [0.15, 0.2) is 5.82 Å². The zero-order valence-corrected chi connectivity index (χ0v) is 15.2. The topological polar surface area (TPSA) is 90.2 Å². The minimum Gasteiger partial charge on any atom is -0.402 e. The molecule has 0 radical (unpaired) electrons. The van der Waals surface area contributed by atoms with Gasteiger partial charge in [-0.1, -0.05) is 6.07 Å². The molecule has 5 nitrogen and oxygen atoms in total. The van der Waals surface area contributed by atoms with Crippen molar-refractivity contribution in [2.75, 3.05) is 0 Å². The fourth-order valence-electron chi connectivity index (χ4n) is 2.62. The minimum atomic E-state index is -3.55. The van der Waals surface area contributed by atoms with Crippen LogP contribution in [0.1, 0.15) is 23.9 Å². The number of hydrogen-bond donors (Lipinski definition) is 2. The maximum atomic E-state index is 15.0. The summed E-state index contributed by atoms with van der Waals surface area (Å²) in [5, 5.41) is 0.468. The molecule has 1 heterocycles. The predicted molar refractivity (Wildman–Crippen MR) is 103 cm³/mol. The summed E-state index contributed by atoms with van der Waals surface area (Å²) >= 11 is 0. The van der Waals surface area contributed by atoms with Gasteiger partial charge in [0.05, 0.1) is 5.52 Å². The van der Waals surface area contributed by atoms with Gasteiger partial charge in [-0.25, -0.2) is 19.4 Å². The van der Waals surface area contributed by atoms with Crippen molar-refractivity contribution >= 4 is 22.6 Å². The molecule has 4 N–H and O–H groups in total. The largest absolute Gasteiger partial charge is 0.402 e. The number of allylic oxidation sites excluding steroid dienone is 1. The van der Waals surface area contributed by atoms with Crippen LogP contribution in [0.2, 0.25) is 0 Å². The van der Waals surface area contributed by atoms with Crippen molar-refractivity contribution < 1.29 is 13.2 Å². The molecule has 0 saturated carbocycles. The van der Waals surface area contributed by atoms with Crippen LogP contribution in [0, 0.1) is 12.7 Å². The van der Waals surface area contributed by atoms with Crippen LogP contribution in [-0.2, 0) is 5.92 Å². The number of nitrogens with zero attached hydrogens (tertiary/aromatic N) is 3. The molecule has 3 rings (SSSR count). The van der Waals surface area contributed by atoms with Gasteiger partial charge >= 0.3 is 5.92 Å². The first-order chi connectivity index (χ1) is 13.2. The maximum absolute atomic E-state index is 15.0. The van der Waals surface area contributed by atoms with Crippen molar-refractivity contribution in [2.45, 2.75) is 19.8 Å². The van der Waals surface area contributed by atoms with Gasteiger partial charge in [-0.2, -0.15) is 8.78 Å². The lowest BCUT2D eigenvalue weighted by Gasteiger charge is -2.16. The van der Waals surface area contributed by atoms with Crippen molar-refractivity contribution in [2.24, 2.45) is 16.5 Å². The van der Waals surface area contributed by atoms with Crippen molar-refractivity contribution in [1.29, 1.82) is 0 Å². The van der Waals surface area contributed by atoms with E-state index in [2.05, 4.69) is 15.0 Å². The second-order valence-electron chi connectivity index (χ2n) is 6.40. The number of halogens is 3. The van der Waals surface area contributed by atoms with E-state index in [-0.39, 0.29) is 11.7 Å². The van der Waals surface area contributed by atoms with Gasteiger partial charge in [0, 0.05) is 16.6 Å². The molecule has 0 spiro atoms. The van der Waals surface area contributed by atoms with Crippen molar-refractivity contribution in [3.05, 3.63) is 77.0 Å².